The summed E-state index contributed by atoms with van der Waals surface area (Å²) in [5, 5.41) is 3.00. The lowest BCUT2D eigenvalue weighted by molar-refractivity contribution is 0.0665. The molecule has 1 aromatic heterocycles. The van der Waals surface area contributed by atoms with Gasteiger partial charge >= 0.3 is 0 Å². The van der Waals surface area contributed by atoms with Gasteiger partial charge < -0.3 is 10.1 Å². The first-order valence-corrected chi connectivity index (χ1v) is 9.96. The molecule has 28 heavy (non-hydrogen) atoms. The summed E-state index contributed by atoms with van der Waals surface area (Å²) >= 11 is 0. The van der Waals surface area contributed by atoms with E-state index in [1.807, 2.05) is 6.92 Å². The van der Waals surface area contributed by atoms with Crippen LogP contribution in [-0.2, 0) is 24.1 Å². The highest BCUT2D eigenvalue weighted by Gasteiger charge is 2.19. The van der Waals surface area contributed by atoms with Gasteiger partial charge in [-0.1, -0.05) is 44.3 Å². The van der Waals surface area contributed by atoms with Crippen LogP contribution in [0.15, 0.2) is 37.4 Å². The second-order valence-electron chi connectivity index (χ2n) is 7.13. The van der Waals surface area contributed by atoms with Gasteiger partial charge in [-0.2, -0.15) is 0 Å². The highest BCUT2D eigenvalue weighted by Crippen LogP contribution is 2.20. The molecule has 1 N–H and O–H groups in total. The summed E-state index contributed by atoms with van der Waals surface area (Å²) in [7, 11) is 0. The minimum absolute atomic E-state index is 0.149. The zero-order chi connectivity index (χ0) is 19.9. The van der Waals surface area contributed by atoms with Gasteiger partial charge in [-0.3, -0.25) is 9.36 Å². The predicted octanol–water partition coefficient (Wildman–Crippen LogP) is 4.09. The molecule has 0 bridgehead atoms. The van der Waals surface area contributed by atoms with Gasteiger partial charge in [0.1, 0.15) is 11.5 Å². The standard InChI is InChI=1S/C23H29N3O2/c1-4-20-22(26(6-3)21(5-2)25-20)23(27)24-16-19-9-7-17(8-10-19)15-18-11-13-28-14-12-18/h5-10,18H,2-4,11-16H2,1H3,(H,24,27). The predicted molar refractivity (Wildman–Crippen MR) is 113 cm³/mol. The lowest BCUT2D eigenvalue weighted by atomic mass is 9.92. The Hall–Kier alpha value is -2.66. The number of nitrogens with zero attached hydrogens (tertiary/aromatic N) is 2. The van der Waals surface area contributed by atoms with Crippen molar-refractivity contribution in [2.75, 3.05) is 13.2 Å². The maximum atomic E-state index is 12.8. The number of hydrogen-bond donors (Lipinski definition) is 1. The fourth-order valence-corrected chi connectivity index (χ4v) is 3.66. The fraction of sp³-hybridized carbons (Fsp3) is 0.391. The van der Waals surface area contributed by atoms with Crippen molar-refractivity contribution in [3.63, 3.8) is 0 Å². The van der Waals surface area contributed by atoms with E-state index in [9.17, 15) is 4.79 Å². The van der Waals surface area contributed by atoms with Crippen LogP contribution in [0.2, 0.25) is 0 Å². The summed E-state index contributed by atoms with van der Waals surface area (Å²) in [5.41, 5.74) is 3.70. The number of aryl methyl sites for hydroxylation is 1. The highest BCUT2D eigenvalue weighted by molar-refractivity contribution is 5.95. The summed E-state index contributed by atoms with van der Waals surface area (Å²) in [6.45, 7) is 11.8. The Kier molecular flexibility index (Phi) is 6.82. The van der Waals surface area contributed by atoms with E-state index in [1.54, 1.807) is 16.8 Å². The molecule has 5 nitrogen and oxygen atoms in total. The Morgan fingerprint density at radius 1 is 1.25 bits per heavy atom. The van der Waals surface area contributed by atoms with Crippen LogP contribution in [0, 0.1) is 5.92 Å². The van der Waals surface area contributed by atoms with Crippen LogP contribution >= 0.6 is 0 Å². The number of hydrogen-bond acceptors (Lipinski definition) is 3. The molecule has 1 fully saturated rings. The second kappa shape index (κ2) is 9.51. The minimum atomic E-state index is -0.149. The van der Waals surface area contributed by atoms with Gasteiger partial charge in [0, 0.05) is 26.0 Å². The van der Waals surface area contributed by atoms with Crippen LogP contribution in [0.3, 0.4) is 0 Å². The molecule has 0 spiro atoms. The summed E-state index contributed by atoms with van der Waals surface area (Å²) in [6, 6.07) is 8.52. The zero-order valence-corrected chi connectivity index (χ0v) is 16.6. The highest BCUT2D eigenvalue weighted by atomic mass is 16.5. The first-order valence-electron chi connectivity index (χ1n) is 9.96. The number of nitrogens with one attached hydrogen (secondary N) is 1. The number of carbonyl (C=O) groups excluding carboxylic acids is 1. The fourth-order valence-electron chi connectivity index (χ4n) is 3.66. The van der Waals surface area contributed by atoms with Crippen LogP contribution in [0.4, 0.5) is 0 Å². The van der Waals surface area contributed by atoms with Crippen LogP contribution in [0.1, 0.15) is 52.9 Å². The van der Waals surface area contributed by atoms with Crippen molar-refractivity contribution in [3.8, 4) is 0 Å². The Morgan fingerprint density at radius 3 is 2.54 bits per heavy atom. The number of aromatic nitrogens is 2. The number of amides is 1. The van der Waals surface area contributed by atoms with Gasteiger partial charge in [0.2, 0.25) is 0 Å². The normalized spacial score (nSPS) is 14.6. The van der Waals surface area contributed by atoms with Gasteiger partial charge in [0.15, 0.2) is 0 Å². The molecule has 3 rings (SSSR count). The summed E-state index contributed by atoms with van der Waals surface area (Å²) in [4.78, 5) is 17.2. The van der Waals surface area contributed by atoms with E-state index < -0.39 is 0 Å². The molecule has 1 amide bonds. The molecule has 1 aromatic carbocycles. The number of rotatable bonds is 8. The van der Waals surface area contributed by atoms with Crippen molar-refractivity contribution in [3.05, 3.63) is 65.8 Å². The van der Waals surface area contributed by atoms with Crippen LogP contribution in [0.5, 0.6) is 0 Å². The maximum absolute atomic E-state index is 12.8. The Bertz CT molecular complexity index is 830. The molecule has 2 heterocycles. The largest absolute Gasteiger partial charge is 0.381 e. The first kappa shape index (κ1) is 20.1. The average Bonchev–Trinajstić information content (AvgIpc) is 3.11. The second-order valence-corrected chi connectivity index (χ2v) is 7.13. The zero-order valence-electron chi connectivity index (χ0n) is 16.6. The molecule has 2 aromatic rings. The van der Waals surface area contributed by atoms with Crippen molar-refractivity contribution < 1.29 is 9.53 Å². The SMILES string of the molecule is C=Cc1nc(CC)c(C(=O)NCc2ccc(CC3CCOCC3)cc2)n1C=C. The van der Waals surface area contributed by atoms with E-state index >= 15 is 0 Å². The topological polar surface area (TPSA) is 56.1 Å². The third-order valence-corrected chi connectivity index (χ3v) is 5.27. The molecule has 0 aliphatic carbocycles. The monoisotopic (exact) mass is 379 g/mol. The van der Waals surface area contributed by atoms with E-state index in [-0.39, 0.29) is 5.91 Å². The van der Waals surface area contributed by atoms with Crippen molar-refractivity contribution in [2.45, 2.75) is 39.2 Å². The van der Waals surface area contributed by atoms with Crippen molar-refractivity contribution >= 4 is 18.2 Å². The number of imidazole rings is 1. The van der Waals surface area contributed by atoms with Crippen LogP contribution in [-0.4, -0.2) is 28.7 Å². The average molecular weight is 380 g/mol. The third kappa shape index (κ3) is 4.60. The third-order valence-electron chi connectivity index (χ3n) is 5.27. The van der Waals surface area contributed by atoms with Gasteiger partial charge in [0.05, 0.1) is 5.69 Å². The van der Waals surface area contributed by atoms with Crippen molar-refractivity contribution in [2.24, 2.45) is 5.92 Å². The molecule has 1 aliphatic rings. The molecule has 5 heteroatoms. The minimum Gasteiger partial charge on any atom is -0.381 e. The van der Waals surface area contributed by atoms with Gasteiger partial charge in [0.25, 0.3) is 5.91 Å². The first-order chi connectivity index (χ1) is 13.7. The molecule has 148 valence electrons. The van der Waals surface area contributed by atoms with E-state index in [4.69, 9.17) is 4.74 Å². The lowest BCUT2D eigenvalue weighted by Gasteiger charge is -2.22. The van der Waals surface area contributed by atoms with Gasteiger partial charge in [-0.15, -0.1) is 0 Å². The van der Waals surface area contributed by atoms with Crippen LogP contribution < -0.4 is 5.32 Å². The van der Waals surface area contributed by atoms with E-state index in [0.29, 0.717) is 30.4 Å². The quantitative estimate of drug-likeness (QED) is 0.752. The van der Waals surface area contributed by atoms with E-state index in [1.165, 1.54) is 5.56 Å². The van der Waals surface area contributed by atoms with Gasteiger partial charge in [-0.25, -0.2) is 4.98 Å². The molecule has 0 unspecified atom stereocenters. The molecule has 0 atom stereocenters. The molecule has 0 radical (unpaired) electrons. The van der Waals surface area contributed by atoms with E-state index in [0.717, 1.165) is 43.7 Å². The summed E-state index contributed by atoms with van der Waals surface area (Å²) in [5.74, 6) is 1.20. The molecule has 1 saturated heterocycles. The molecular formula is C23H29N3O2. The van der Waals surface area contributed by atoms with Crippen molar-refractivity contribution in [1.29, 1.82) is 0 Å². The smallest absolute Gasteiger partial charge is 0.270 e. The van der Waals surface area contributed by atoms with E-state index in [2.05, 4.69) is 47.7 Å². The van der Waals surface area contributed by atoms with Crippen LogP contribution in [0.25, 0.3) is 12.3 Å². The summed E-state index contributed by atoms with van der Waals surface area (Å²) in [6.07, 6.45) is 7.28. The molecular weight excluding hydrogens is 350 g/mol. The maximum Gasteiger partial charge on any atom is 0.270 e. The Balaban J connectivity index is 1.62. The number of ether oxygens (including phenoxy) is 1. The lowest BCUT2D eigenvalue weighted by Crippen LogP contribution is -2.26. The molecule has 1 aliphatic heterocycles. The Labute approximate surface area is 167 Å². The Morgan fingerprint density at radius 2 is 1.93 bits per heavy atom. The molecule has 0 saturated carbocycles. The van der Waals surface area contributed by atoms with Crippen molar-refractivity contribution in [1.82, 2.24) is 14.9 Å². The number of benzene rings is 1. The summed E-state index contributed by atoms with van der Waals surface area (Å²) < 4.78 is 7.12. The number of carbonyl (C=O) groups is 1. The van der Waals surface area contributed by atoms with Gasteiger partial charge in [-0.05, 0) is 48.8 Å².